The summed E-state index contributed by atoms with van der Waals surface area (Å²) in [5.41, 5.74) is 0.250. The summed E-state index contributed by atoms with van der Waals surface area (Å²) in [4.78, 5) is 15.2. The van der Waals surface area contributed by atoms with Crippen LogP contribution in [0.1, 0.15) is 24.2 Å². The third-order valence-electron chi connectivity index (χ3n) is 6.64. The molecular formula is C26H30ClN3O7S3. The molecule has 14 heteroatoms. The van der Waals surface area contributed by atoms with E-state index in [0.717, 1.165) is 11.3 Å². The van der Waals surface area contributed by atoms with Gasteiger partial charge in [-0.15, -0.1) is 11.3 Å². The average molecular weight is 628 g/mol. The molecule has 3 aromatic rings. The van der Waals surface area contributed by atoms with Crippen molar-refractivity contribution >= 4 is 54.6 Å². The van der Waals surface area contributed by atoms with E-state index in [4.69, 9.17) is 16.3 Å². The number of carbonyl (C=O) groups excluding carboxylic acids is 1. The maximum Gasteiger partial charge on any atom is 0.271 e. The molecule has 0 bridgehead atoms. The lowest BCUT2D eigenvalue weighted by Crippen LogP contribution is -2.50. The summed E-state index contributed by atoms with van der Waals surface area (Å²) >= 11 is 6.98. The van der Waals surface area contributed by atoms with Crippen LogP contribution in [0.15, 0.2) is 69.1 Å². The number of likely N-dealkylation sites (N-methyl/N-ethyl adjacent to an activating group) is 1. The van der Waals surface area contributed by atoms with E-state index in [0.29, 0.717) is 5.02 Å². The minimum absolute atomic E-state index is 0.0339. The van der Waals surface area contributed by atoms with E-state index >= 15 is 0 Å². The Hall–Kier alpha value is -2.68. The maximum absolute atomic E-state index is 13.6. The summed E-state index contributed by atoms with van der Waals surface area (Å²) in [5, 5.41) is 11.9. The zero-order valence-electron chi connectivity index (χ0n) is 22.0. The third-order valence-corrected chi connectivity index (χ3v) is 11.5. The first-order valence-corrected chi connectivity index (χ1v) is 16.5. The molecule has 2 N–H and O–H groups in total. The number of anilines is 1. The van der Waals surface area contributed by atoms with Crippen LogP contribution >= 0.6 is 22.9 Å². The number of thiophene rings is 1. The van der Waals surface area contributed by atoms with Crippen molar-refractivity contribution in [3.63, 3.8) is 0 Å². The summed E-state index contributed by atoms with van der Waals surface area (Å²) in [6.45, 7) is 3.38. The van der Waals surface area contributed by atoms with Crippen molar-refractivity contribution in [2.24, 2.45) is 5.92 Å². The molecule has 216 valence electrons. The lowest BCUT2D eigenvalue weighted by atomic mass is 9.99. The first kappa shape index (κ1) is 30.3. The minimum Gasteiger partial charge on any atom is -0.488 e. The molecule has 0 fully saturated rings. The van der Waals surface area contributed by atoms with E-state index in [2.05, 4.69) is 4.72 Å². The van der Waals surface area contributed by atoms with Gasteiger partial charge in [0.2, 0.25) is 10.0 Å². The SMILES string of the molecule is C[C@@H]1CN([C@H](C)CO)C(=O)c2cc(NS(=O)(=O)c3cccs3)ccc2O[C@H]1CN(C)S(=O)(=O)c1ccc(Cl)cc1. The number of carbonyl (C=O) groups is 1. The first-order valence-electron chi connectivity index (χ1n) is 12.3. The molecule has 0 saturated heterocycles. The molecule has 0 radical (unpaired) electrons. The normalized spacial score (nSPS) is 18.9. The second kappa shape index (κ2) is 12.0. The molecule has 4 rings (SSSR count). The monoisotopic (exact) mass is 627 g/mol. The fourth-order valence-electron chi connectivity index (χ4n) is 4.26. The molecular weight excluding hydrogens is 598 g/mol. The Kier molecular flexibility index (Phi) is 9.12. The van der Waals surface area contributed by atoms with E-state index in [-0.39, 0.29) is 51.7 Å². The largest absolute Gasteiger partial charge is 0.488 e. The van der Waals surface area contributed by atoms with Gasteiger partial charge in [-0.25, -0.2) is 16.8 Å². The van der Waals surface area contributed by atoms with Crippen LogP contribution in [0.4, 0.5) is 5.69 Å². The van der Waals surface area contributed by atoms with Crippen LogP contribution in [0.3, 0.4) is 0 Å². The van der Waals surface area contributed by atoms with Gasteiger partial charge in [-0.05, 0) is 60.8 Å². The Morgan fingerprint density at radius 3 is 2.50 bits per heavy atom. The third kappa shape index (κ3) is 6.45. The molecule has 1 amide bonds. The Labute approximate surface area is 243 Å². The Morgan fingerprint density at radius 2 is 1.88 bits per heavy atom. The zero-order chi connectivity index (χ0) is 29.2. The molecule has 0 spiro atoms. The predicted octanol–water partition coefficient (Wildman–Crippen LogP) is 3.74. The number of aliphatic hydroxyl groups is 1. The highest BCUT2D eigenvalue weighted by Gasteiger charge is 2.35. The quantitative estimate of drug-likeness (QED) is 0.369. The van der Waals surface area contributed by atoms with E-state index in [1.54, 1.807) is 18.4 Å². The molecule has 3 atom stereocenters. The highest BCUT2D eigenvalue weighted by Crippen LogP contribution is 2.32. The predicted molar refractivity (Wildman–Crippen MR) is 154 cm³/mol. The summed E-state index contributed by atoms with van der Waals surface area (Å²) in [7, 11) is -6.29. The van der Waals surface area contributed by atoms with Gasteiger partial charge in [-0.1, -0.05) is 24.6 Å². The van der Waals surface area contributed by atoms with E-state index in [9.17, 15) is 26.7 Å². The highest BCUT2D eigenvalue weighted by atomic mass is 35.5. The summed E-state index contributed by atoms with van der Waals surface area (Å²) < 4.78 is 62.1. The van der Waals surface area contributed by atoms with Crippen molar-refractivity contribution in [3.8, 4) is 5.75 Å². The first-order chi connectivity index (χ1) is 18.8. The lowest BCUT2D eigenvalue weighted by Gasteiger charge is -2.38. The second-order valence-electron chi connectivity index (χ2n) is 9.61. The number of nitrogens with one attached hydrogen (secondary N) is 1. The van der Waals surface area contributed by atoms with Crippen LogP contribution in [0.5, 0.6) is 5.75 Å². The number of ether oxygens (including phenoxy) is 1. The molecule has 1 aromatic heterocycles. The fraction of sp³-hybridized carbons (Fsp3) is 0.346. The Bertz CT molecular complexity index is 1560. The number of rotatable bonds is 9. The standard InChI is InChI=1S/C26H30ClN3O7S3/c1-17-14-30(18(2)16-31)26(32)22-13-20(28-39(33,34)25-5-4-12-38-25)8-11-23(22)37-24(17)15-29(3)40(35,36)21-9-6-19(27)7-10-21/h4-13,17-18,24,28,31H,14-16H2,1-3H3/t17-,18-,24+/m1/s1. The van der Waals surface area contributed by atoms with Crippen molar-refractivity contribution in [1.82, 2.24) is 9.21 Å². The van der Waals surface area contributed by atoms with Crippen molar-refractivity contribution in [2.45, 2.75) is 35.1 Å². The summed E-state index contributed by atoms with van der Waals surface area (Å²) in [6.07, 6.45) is -0.680. The maximum atomic E-state index is 13.6. The lowest BCUT2D eigenvalue weighted by molar-refractivity contribution is 0.0387. The van der Waals surface area contributed by atoms with Crippen molar-refractivity contribution < 1.29 is 31.5 Å². The van der Waals surface area contributed by atoms with Crippen LogP contribution < -0.4 is 9.46 Å². The molecule has 1 aliphatic rings. The second-order valence-corrected chi connectivity index (χ2v) is 14.9. The van der Waals surface area contributed by atoms with Gasteiger partial charge in [0, 0.05) is 30.2 Å². The van der Waals surface area contributed by atoms with Gasteiger partial charge >= 0.3 is 0 Å². The number of hydrogen-bond acceptors (Lipinski definition) is 8. The topological polar surface area (TPSA) is 133 Å². The highest BCUT2D eigenvalue weighted by molar-refractivity contribution is 7.94. The van der Waals surface area contributed by atoms with Crippen LogP contribution in [0, 0.1) is 5.92 Å². The average Bonchev–Trinajstić information content (AvgIpc) is 3.47. The fourth-order valence-corrected chi connectivity index (χ4v) is 7.62. The van der Waals surface area contributed by atoms with Crippen molar-refractivity contribution in [1.29, 1.82) is 0 Å². The molecule has 10 nitrogen and oxygen atoms in total. The van der Waals surface area contributed by atoms with Gasteiger partial charge < -0.3 is 14.7 Å². The number of nitrogens with zero attached hydrogens (tertiary/aromatic N) is 2. The van der Waals surface area contributed by atoms with Crippen LogP contribution in [0.2, 0.25) is 5.02 Å². The van der Waals surface area contributed by atoms with E-state index in [1.165, 1.54) is 64.8 Å². The van der Waals surface area contributed by atoms with E-state index < -0.39 is 38.1 Å². The van der Waals surface area contributed by atoms with Crippen LogP contribution in [-0.4, -0.2) is 75.9 Å². The van der Waals surface area contributed by atoms with Crippen molar-refractivity contribution in [3.05, 3.63) is 70.6 Å². The number of benzene rings is 2. The molecule has 2 aromatic carbocycles. The summed E-state index contributed by atoms with van der Waals surface area (Å²) in [5.74, 6) is -0.597. The van der Waals surface area contributed by atoms with Gasteiger partial charge in [0.15, 0.2) is 0 Å². The number of amides is 1. The van der Waals surface area contributed by atoms with Crippen molar-refractivity contribution in [2.75, 3.05) is 31.5 Å². The number of fused-ring (bicyclic) bond motifs is 1. The van der Waals surface area contributed by atoms with Gasteiger partial charge in [0.25, 0.3) is 15.9 Å². The van der Waals surface area contributed by atoms with Crippen LogP contribution in [-0.2, 0) is 20.0 Å². The van der Waals surface area contributed by atoms with E-state index in [1.807, 2.05) is 6.92 Å². The number of hydrogen-bond donors (Lipinski definition) is 2. The van der Waals surface area contributed by atoms with Gasteiger partial charge in [0.1, 0.15) is 16.1 Å². The number of halogens is 1. The molecule has 0 unspecified atom stereocenters. The Balaban J connectivity index is 1.68. The summed E-state index contributed by atoms with van der Waals surface area (Å²) in [6, 6.07) is 12.7. The van der Waals surface area contributed by atoms with Gasteiger partial charge in [-0.3, -0.25) is 9.52 Å². The Morgan fingerprint density at radius 1 is 1.18 bits per heavy atom. The number of aliphatic hydroxyl groups excluding tert-OH is 1. The minimum atomic E-state index is -3.87. The molecule has 1 aliphatic heterocycles. The molecule has 2 heterocycles. The van der Waals surface area contributed by atoms with Crippen LogP contribution in [0.25, 0.3) is 0 Å². The molecule has 0 saturated carbocycles. The zero-order valence-corrected chi connectivity index (χ0v) is 25.2. The molecule has 40 heavy (non-hydrogen) atoms. The molecule has 0 aliphatic carbocycles. The number of sulfonamides is 2. The van der Waals surface area contributed by atoms with Gasteiger partial charge in [-0.2, -0.15) is 4.31 Å². The van der Waals surface area contributed by atoms with Gasteiger partial charge in [0.05, 0.1) is 29.7 Å². The smallest absolute Gasteiger partial charge is 0.271 e.